The van der Waals surface area contributed by atoms with Gasteiger partial charge in [-0.2, -0.15) is 4.98 Å². The third-order valence-electron chi connectivity index (χ3n) is 5.32. The minimum absolute atomic E-state index is 0.163. The van der Waals surface area contributed by atoms with Crippen molar-refractivity contribution in [2.45, 2.75) is 12.6 Å². The number of esters is 1. The summed E-state index contributed by atoms with van der Waals surface area (Å²) in [6, 6.07) is 12.5. The SMILES string of the molecule is COC(=O)C1CN(c2ccc(F)cc2)CCN1c1ncn(Cc2ccc(Cl)cc2)c(=O)n1. The molecule has 4 rings (SSSR count). The van der Waals surface area contributed by atoms with Gasteiger partial charge in [0.25, 0.3) is 0 Å². The number of piperazine rings is 1. The molecule has 2 heterocycles. The van der Waals surface area contributed by atoms with E-state index in [1.54, 1.807) is 29.2 Å². The molecule has 166 valence electrons. The lowest BCUT2D eigenvalue weighted by Crippen LogP contribution is -2.58. The summed E-state index contributed by atoms with van der Waals surface area (Å²) in [6.07, 6.45) is 1.42. The van der Waals surface area contributed by atoms with Crippen LogP contribution < -0.4 is 15.5 Å². The van der Waals surface area contributed by atoms with Crippen LogP contribution in [0.3, 0.4) is 0 Å². The number of halogens is 2. The van der Waals surface area contributed by atoms with Crippen molar-refractivity contribution in [1.29, 1.82) is 0 Å². The van der Waals surface area contributed by atoms with Gasteiger partial charge >= 0.3 is 11.7 Å². The van der Waals surface area contributed by atoms with Crippen LogP contribution in [0.25, 0.3) is 0 Å². The fourth-order valence-electron chi connectivity index (χ4n) is 3.63. The van der Waals surface area contributed by atoms with Crippen molar-refractivity contribution in [2.24, 2.45) is 0 Å². The van der Waals surface area contributed by atoms with Crippen molar-refractivity contribution in [3.63, 3.8) is 0 Å². The highest BCUT2D eigenvalue weighted by Crippen LogP contribution is 2.22. The standard InChI is InChI=1S/C22H21ClFN5O3/c1-32-20(30)19-13-27(18-8-6-17(24)7-9-18)10-11-29(19)21-25-14-28(22(31)26-21)12-15-2-4-16(23)5-3-15/h2-9,14,19H,10-13H2,1H3. The molecule has 32 heavy (non-hydrogen) atoms. The molecule has 1 aliphatic heterocycles. The predicted octanol–water partition coefficient (Wildman–Crippen LogP) is 2.35. The maximum atomic E-state index is 13.3. The molecule has 3 aromatic rings. The molecule has 1 unspecified atom stereocenters. The Hall–Kier alpha value is -3.46. The Morgan fingerprint density at radius 1 is 1.16 bits per heavy atom. The van der Waals surface area contributed by atoms with Crippen LogP contribution >= 0.6 is 11.6 Å². The van der Waals surface area contributed by atoms with Gasteiger partial charge in [0.1, 0.15) is 18.2 Å². The normalized spacial score (nSPS) is 16.2. The first-order valence-electron chi connectivity index (χ1n) is 9.97. The Labute approximate surface area is 188 Å². The molecule has 1 atom stereocenters. The van der Waals surface area contributed by atoms with Gasteiger partial charge in [-0.1, -0.05) is 23.7 Å². The van der Waals surface area contributed by atoms with Crippen molar-refractivity contribution in [3.05, 3.63) is 81.7 Å². The number of ether oxygens (including phenoxy) is 1. The van der Waals surface area contributed by atoms with Crippen LogP contribution in [0.5, 0.6) is 0 Å². The Balaban J connectivity index is 1.55. The Bertz CT molecular complexity index is 1150. The van der Waals surface area contributed by atoms with E-state index in [2.05, 4.69) is 9.97 Å². The van der Waals surface area contributed by atoms with Gasteiger partial charge in [-0.3, -0.25) is 4.57 Å². The van der Waals surface area contributed by atoms with E-state index >= 15 is 0 Å². The van der Waals surface area contributed by atoms with E-state index in [1.807, 2.05) is 17.0 Å². The highest BCUT2D eigenvalue weighted by atomic mass is 35.5. The van der Waals surface area contributed by atoms with Gasteiger partial charge in [-0.25, -0.2) is 19.0 Å². The Kier molecular flexibility index (Phi) is 6.36. The zero-order valence-electron chi connectivity index (χ0n) is 17.3. The first-order valence-corrected chi connectivity index (χ1v) is 10.4. The molecule has 1 saturated heterocycles. The van der Waals surface area contributed by atoms with Crippen molar-refractivity contribution in [1.82, 2.24) is 14.5 Å². The van der Waals surface area contributed by atoms with Crippen LogP contribution in [0.2, 0.25) is 5.02 Å². The third kappa shape index (κ3) is 4.72. The second-order valence-corrected chi connectivity index (χ2v) is 7.78. The average molecular weight is 458 g/mol. The molecule has 0 radical (unpaired) electrons. The van der Waals surface area contributed by atoms with Crippen molar-refractivity contribution < 1.29 is 13.9 Å². The van der Waals surface area contributed by atoms with Crippen LogP contribution in [0.15, 0.2) is 59.7 Å². The molecule has 0 spiro atoms. The van der Waals surface area contributed by atoms with Gasteiger partial charge in [-0.15, -0.1) is 0 Å². The minimum Gasteiger partial charge on any atom is -0.467 e. The van der Waals surface area contributed by atoms with Crippen molar-refractivity contribution in [2.75, 3.05) is 36.5 Å². The van der Waals surface area contributed by atoms with Crippen molar-refractivity contribution in [3.8, 4) is 0 Å². The molecule has 2 aromatic carbocycles. The monoisotopic (exact) mass is 457 g/mol. The molecule has 1 aromatic heterocycles. The molecule has 0 saturated carbocycles. The second kappa shape index (κ2) is 9.35. The number of anilines is 2. The summed E-state index contributed by atoms with van der Waals surface area (Å²) in [4.78, 5) is 37.2. The van der Waals surface area contributed by atoms with E-state index in [4.69, 9.17) is 16.3 Å². The van der Waals surface area contributed by atoms with Crippen LogP contribution in [0, 0.1) is 5.82 Å². The summed E-state index contributed by atoms with van der Waals surface area (Å²) in [5, 5.41) is 0.612. The van der Waals surface area contributed by atoms with Crippen molar-refractivity contribution >= 4 is 29.2 Å². The van der Waals surface area contributed by atoms with Gasteiger partial charge in [0.15, 0.2) is 0 Å². The van der Waals surface area contributed by atoms with E-state index in [0.29, 0.717) is 24.7 Å². The zero-order valence-corrected chi connectivity index (χ0v) is 18.1. The molecule has 10 heteroatoms. The smallest absolute Gasteiger partial charge is 0.352 e. The number of rotatable bonds is 5. The highest BCUT2D eigenvalue weighted by molar-refractivity contribution is 6.30. The van der Waals surface area contributed by atoms with Gasteiger partial charge in [-0.05, 0) is 42.0 Å². The summed E-state index contributed by atoms with van der Waals surface area (Å²) in [5.74, 6) is -0.633. The quantitative estimate of drug-likeness (QED) is 0.544. The van der Waals surface area contributed by atoms with Crippen LogP contribution in [-0.2, 0) is 16.1 Å². The molecular formula is C22H21ClFN5O3. The number of methoxy groups -OCH3 is 1. The average Bonchev–Trinajstić information content (AvgIpc) is 2.81. The summed E-state index contributed by atoms with van der Waals surface area (Å²) >= 11 is 5.90. The minimum atomic E-state index is -0.717. The number of aromatic nitrogens is 3. The fraction of sp³-hybridized carbons (Fsp3) is 0.273. The summed E-state index contributed by atoms with van der Waals surface area (Å²) in [6.45, 7) is 1.51. The number of carbonyl (C=O) groups excluding carboxylic acids is 1. The first kappa shape index (κ1) is 21.8. The van der Waals surface area contributed by atoms with E-state index in [9.17, 15) is 14.0 Å². The Morgan fingerprint density at radius 3 is 2.53 bits per heavy atom. The van der Waals surface area contributed by atoms with Gasteiger partial charge in [0.05, 0.1) is 13.7 Å². The lowest BCUT2D eigenvalue weighted by atomic mass is 10.1. The van der Waals surface area contributed by atoms with Gasteiger partial charge in [0.2, 0.25) is 5.95 Å². The maximum Gasteiger partial charge on any atom is 0.352 e. The largest absolute Gasteiger partial charge is 0.467 e. The molecule has 0 N–H and O–H groups in total. The number of benzene rings is 2. The van der Waals surface area contributed by atoms with Gasteiger partial charge in [0, 0.05) is 30.3 Å². The predicted molar refractivity (Wildman–Crippen MR) is 119 cm³/mol. The molecule has 1 aliphatic rings. The topological polar surface area (TPSA) is 80.6 Å². The van der Waals surface area contributed by atoms with E-state index in [-0.39, 0.29) is 18.3 Å². The Morgan fingerprint density at radius 2 is 1.88 bits per heavy atom. The summed E-state index contributed by atoms with van der Waals surface area (Å²) in [7, 11) is 1.31. The lowest BCUT2D eigenvalue weighted by molar-refractivity contribution is -0.142. The number of nitrogens with zero attached hydrogens (tertiary/aromatic N) is 5. The molecular weight excluding hydrogens is 437 g/mol. The van der Waals surface area contributed by atoms with E-state index in [1.165, 1.54) is 30.1 Å². The molecule has 0 amide bonds. The lowest BCUT2D eigenvalue weighted by Gasteiger charge is -2.40. The number of carbonyl (C=O) groups is 1. The van der Waals surface area contributed by atoms with Crippen LogP contribution in [0.1, 0.15) is 5.56 Å². The molecule has 0 aliphatic carbocycles. The number of hydrogen-bond donors (Lipinski definition) is 0. The summed E-state index contributed by atoms with van der Waals surface area (Å²) < 4.78 is 19.6. The first-order chi connectivity index (χ1) is 15.4. The molecule has 0 bridgehead atoms. The third-order valence-corrected chi connectivity index (χ3v) is 5.57. The highest BCUT2D eigenvalue weighted by Gasteiger charge is 2.35. The second-order valence-electron chi connectivity index (χ2n) is 7.35. The van der Waals surface area contributed by atoms with E-state index < -0.39 is 17.7 Å². The maximum absolute atomic E-state index is 13.3. The summed E-state index contributed by atoms with van der Waals surface area (Å²) in [5.41, 5.74) is 1.20. The van der Waals surface area contributed by atoms with Gasteiger partial charge < -0.3 is 14.5 Å². The fourth-order valence-corrected chi connectivity index (χ4v) is 3.76. The van der Waals surface area contributed by atoms with Crippen LogP contribution in [0.4, 0.5) is 16.0 Å². The number of hydrogen-bond acceptors (Lipinski definition) is 7. The molecule has 1 fully saturated rings. The van der Waals surface area contributed by atoms with E-state index in [0.717, 1.165) is 11.3 Å². The zero-order chi connectivity index (χ0) is 22.7. The van der Waals surface area contributed by atoms with Crippen LogP contribution in [-0.4, -0.2) is 53.3 Å². The molecule has 8 nitrogen and oxygen atoms in total.